The molecule has 0 aromatic carbocycles. The van der Waals surface area contributed by atoms with Gasteiger partial charge < -0.3 is 20.1 Å². The van der Waals surface area contributed by atoms with Crippen LogP contribution in [0.2, 0.25) is 0 Å². The zero-order valence-corrected chi connectivity index (χ0v) is 20.0. The van der Waals surface area contributed by atoms with E-state index in [1.165, 1.54) is 0 Å². The molecule has 2 N–H and O–H groups in total. The number of H-pyrrole nitrogens is 1. The number of rotatable bonds is 5. The van der Waals surface area contributed by atoms with E-state index < -0.39 is 9.84 Å². The van der Waals surface area contributed by atoms with E-state index in [4.69, 9.17) is 9.97 Å². The van der Waals surface area contributed by atoms with E-state index in [-0.39, 0.29) is 36.5 Å². The Morgan fingerprint density at radius 3 is 2.67 bits per heavy atom. The second kappa shape index (κ2) is 8.58. The Kier molecular flexibility index (Phi) is 5.75. The van der Waals surface area contributed by atoms with Gasteiger partial charge in [-0.1, -0.05) is 13.8 Å². The third kappa shape index (κ3) is 4.42. The van der Waals surface area contributed by atoms with E-state index in [9.17, 15) is 13.2 Å². The van der Waals surface area contributed by atoms with Crippen LogP contribution in [-0.2, 0) is 27.5 Å². The minimum absolute atomic E-state index is 0.0198. The number of nitrogens with one attached hydrogen (secondary N) is 2. The zero-order chi connectivity index (χ0) is 23.2. The number of amides is 1. The number of carbonyl (C=O) groups is 1. The Hall–Kier alpha value is -2.69. The molecule has 4 heterocycles. The Morgan fingerprint density at radius 1 is 1.15 bits per heavy atom. The molecule has 2 aromatic heterocycles. The summed E-state index contributed by atoms with van der Waals surface area (Å²) in [6.45, 7) is 5.46. The third-order valence-corrected chi connectivity index (χ3v) is 8.44. The normalized spacial score (nSPS) is 22.1. The summed E-state index contributed by atoms with van der Waals surface area (Å²) in [5, 5.41) is 3.35. The van der Waals surface area contributed by atoms with Crippen molar-refractivity contribution in [3.05, 3.63) is 23.1 Å². The van der Waals surface area contributed by atoms with Crippen molar-refractivity contribution in [3.8, 4) is 0 Å². The SMILES string of the molecule is CC(C)c1cnc(Nc2nc(N3CCCC3C(=O)N3CCS(=O)(=O)CC3)nc3c2CCC3)[nH]1. The van der Waals surface area contributed by atoms with Gasteiger partial charge in [-0.25, -0.2) is 18.4 Å². The number of hydrogen-bond acceptors (Lipinski definition) is 8. The van der Waals surface area contributed by atoms with Crippen molar-refractivity contribution in [1.82, 2.24) is 24.8 Å². The fourth-order valence-corrected chi connectivity index (χ4v) is 6.06. The summed E-state index contributed by atoms with van der Waals surface area (Å²) < 4.78 is 23.6. The molecule has 3 aliphatic rings. The molecule has 11 heteroatoms. The number of sulfone groups is 1. The van der Waals surface area contributed by atoms with Gasteiger partial charge in [0.15, 0.2) is 9.84 Å². The summed E-state index contributed by atoms with van der Waals surface area (Å²) in [5.74, 6) is 2.37. The minimum Gasteiger partial charge on any atom is -0.339 e. The van der Waals surface area contributed by atoms with Gasteiger partial charge in [-0.2, -0.15) is 4.98 Å². The standard InChI is InChI=1S/C22H31N7O3S/c1-14(2)17-13-23-21(24-17)26-19-15-5-3-6-16(15)25-22(27-19)29-8-4-7-18(29)20(30)28-9-11-33(31,32)12-10-28/h13-14,18H,3-12H2,1-2H3,(H2,23,24,25,26,27). The summed E-state index contributed by atoms with van der Waals surface area (Å²) in [4.78, 5) is 34.4. The predicted molar refractivity (Wildman–Crippen MR) is 126 cm³/mol. The van der Waals surface area contributed by atoms with Crippen LogP contribution in [0.4, 0.5) is 17.7 Å². The van der Waals surface area contributed by atoms with E-state index in [2.05, 4.69) is 29.1 Å². The number of aryl methyl sites for hydroxylation is 1. The van der Waals surface area contributed by atoms with Crippen molar-refractivity contribution in [2.24, 2.45) is 0 Å². The van der Waals surface area contributed by atoms with Gasteiger partial charge in [0, 0.05) is 30.9 Å². The molecule has 0 saturated carbocycles. The lowest BCUT2D eigenvalue weighted by Crippen LogP contribution is -2.51. The molecule has 2 aromatic rings. The van der Waals surface area contributed by atoms with Crippen LogP contribution >= 0.6 is 0 Å². The third-order valence-electron chi connectivity index (χ3n) is 6.83. The molecule has 5 rings (SSSR count). The van der Waals surface area contributed by atoms with Crippen LogP contribution in [0, 0.1) is 0 Å². The van der Waals surface area contributed by atoms with Crippen molar-refractivity contribution in [2.75, 3.05) is 41.4 Å². The highest BCUT2D eigenvalue weighted by molar-refractivity contribution is 7.91. The smallest absolute Gasteiger partial charge is 0.245 e. The summed E-state index contributed by atoms with van der Waals surface area (Å²) in [7, 11) is -3.03. The lowest BCUT2D eigenvalue weighted by molar-refractivity contribution is -0.132. The first-order chi connectivity index (χ1) is 15.8. The molecule has 2 aliphatic heterocycles. The fourth-order valence-electron chi connectivity index (χ4n) is 4.86. The summed E-state index contributed by atoms with van der Waals surface area (Å²) in [5.41, 5.74) is 3.20. The highest BCUT2D eigenvalue weighted by atomic mass is 32.2. The van der Waals surface area contributed by atoms with Crippen molar-refractivity contribution >= 4 is 33.5 Å². The quantitative estimate of drug-likeness (QED) is 0.673. The van der Waals surface area contributed by atoms with Gasteiger partial charge in [0.1, 0.15) is 11.9 Å². The number of carbonyl (C=O) groups excluding carboxylic acids is 1. The van der Waals surface area contributed by atoms with Gasteiger partial charge in [-0.15, -0.1) is 0 Å². The first kappa shape index (κ1) is 22.1. The number of fused-ring (bicyclic) bond motifs is 1. The van der Waals surface area contributed by atoms with Gasteiger partial charge in [0.25, 0.3) is 0 Å². The Labute approximate surface area is 194 Å². The van der Waals surface area contributed by atoms with Crippen LogP contribution < -0.4 is 10.2 Å². The molecular weight excluding hydrogens is 442 g/mol. The Balaban J connectivity index is 1.40. The molecule has 1 atom stereocenters. The molecular formula is C22H31N7O3S. The molecule has 33 heavy (non-hydrogen) atoms. The minimum atomic E-state index is -3.03. The maximum absolute atomic E-state index is 13.3. The Morgan fingerprint density at radius 2 is 1.94 bits per heavy atom. The highest BCUT2D eigenvalue weighted by Gasteiger charge is 2.38. The summed E-state index contributed by atoms with van der Waals surface area (Å²) >= 11 is 0. The van der Waals surface area contributed by atoms with Crippen LogP contribution in [0.1, 0.15) is 56.0 Å². The second-order valence-electron chi connectivity index (χ2n) is 9.45. The van der Waals surface area contributed by atoms with E-state index >= 15 is 0 Å². The van der Waals surface area contributed by atoms with Gasteiger partial charge in [0.05, 0.1) is 23.4 Å². The van der Waals surface area contributed by atoms with Crippen molar-refractivity contribution in [1.29, 1.82) is 0 Å². The molecule has 10 nitrogen and oxygen atoms in total. The van der Waals surface area contributed by atoms with E-state index in [1.807, 2.05) is 11.1 Å². The maximum atomic E-state index is 13.3. The summed E-state index contributed by atoms with van der Waals surface area (Å²) in [6.07, 6.45) is 6.28. The predicted octanol–water partition coefficient (Wildman–Crippen LogP) is 1.78. The number of aromatic nitrogens is 4. The topological polar surface area (TPSA) is 124 Å². The van der Waals surface area contributed by atoms with E-state index in [0.717, 1.165) is 54.9 Å². The van der Waals surface area contributed by atoms with Crippen molar-refractivity contribution in [3.63, 3.8) is 0 Å². The molecule has 0 spiro atoms. The number of nitrogens with zero attached hydrogens (tertiary/aromatic N) is 5. The molecule has 1 unspecified atom stereocenters. The van der Waals surface area contributed by atoms with Gasteiger partial charge >= 0.3 is 0 Å². The van der Waals surface area contributed by atoms with Crippen LogP contribution in [0.5, 0.6) is 0 Å². The lowest BCUT2D eigenvalue weighted by Gasteiger charge is -2.32. The van der Waals surface area contributed by atoms with Gasteiger partial charge in [-0.05, 0) is 38.0 Å². The number of anilines is 3. The fraction of sp³-hybridized carbons (Fsp3) is 0.636. The Bertz CT molecular complexity index is 1150. The lowest BCUT2D eigenvalue weighted by atomic mass is 10.2. The molecule has 2 fully saturated rings. The zero-order valence-electron chi connectivity index (χ0n) is 19.2. The number of imidazole rings is 1. The molecule has 2 saturated heterocycles. The molecule has 178 valence electrons. The first-order valence-electron chi connectivity index (χ1n) is 11.8. The second-order valence-corrected chi connectivity index (χ2v) is 11.8. The molecule has 1 amide bonds. The van der Waals surface area contributed by atoms with E-state index in [1.54, 1.807) is 4.90 Å². The largest absolute Gasteiger partial charge is 0.339 e. The summed E-state index contributed by atoms with van der Waals surface area (Å²) in [6, 6.07) is -0.353. The number of hydrogen-bond donors (Lipinski definition) is 2. The van der Waals surface area contributed by atoms with Gasteiger partial charge in [0.2, 0.25) is 17.8 Å². The van der Waals surface area contributed by atoms with Crippen molar-refractivity contribution in [2.45, 2.75) is 57.9 Å². The highest BCUT2D eigenvalue weighted by Crippen LogP contribution is 2.33. The monoisotopic (exact) mass is 473 g/mol. The van der Waals surface area contributed by atoms with Crippen molar-refractivity contribution < 1.29 is 13.2 Å². The number of aromatic amines is 1. The van der Waals surface area contributed by atoms with Crippen LogP contribution in [0.15, 0.2) is 6.20 Å². The van der Waals surface area contributed by atoms with Crippen LogP contribution in [-0.4, -0.2) is 76.3 Å². The maximum Gasteiger partial charge on any atom is 0.245 e. The van der Waals surface area contributed by atoms with Gasteiger partial charge in [-0.3, -0.25) is 4.79 Å². The average Bonchev–Trinajstić information content (AvgIpc) is 3.53. The van der Waals surface area contributed by atoms with Crippen LogP contribution in [0.3, 0.4) is 0 Å². The van der Waals surface area contributed by atoms with E-state index in [0.29, 0.717) is 24.4 Å². The molecule has 0 bridgehead atoms. The first-order valence-corrected chi connectivity index (χ1v) is 13.6. The molecule has 1 aliphatic carbocycles. The average molecular weight is 474 g/mol. The van der Waals surface area contributed by atoms with Crippen LogP contribution in [0.25, 0.3) is 0 Å². The molecule has 0 radical (unpaired) electrons.